The second-order valence-corrected chi connectivity index (χ2v) is 6.05. The monoisotopic (exact) mass is 261 g/mol. The number of fused-ring (bicyclic) bond motifs is 1. The van der Waals surface area contributed by atoms with E-state index in [-0.39, 0.29) is 0 Å². The number of rotatable bonds is 6. The van der Waals surface area contributed by atoms with Crippen LogP contribution in [0.25, 0.3) is 10.1 Å². The van der Waals surface area contributed by atoms with Crippen molar-refractivity contribution in [3.05, 3.63) is 34.7 Å². The molecule has 1 aromatic heterocycles. The van der Waals surface area contributed by atoms with Crippen LogP contribution in [0.1, 0.15) is 49.6 Å². The zero-order valence-corrected chi connectivity index (χ0v) is 12.4. The summed E-state index contributed by atoms with van der Waals surface area (Å²) in [6.07, 6.45) is 3.90. The Morgan fingerprint density at radius 3 is 2.72 bits per heavy atom. The lowest BCUT2D eigenvalue weighted by molar-refractivity contribution is 0.548. The van der Waals surface area contributed by atoms with Crippen LogP contribution in [0, 0.1) is 6.92 Å². The molecule has 0 spiro atoms. The van der Waals surface area contributed by atoms with E-state index in [1.165, 1.54) is 39.8 Å². The molecule has 1 atom stereocenters. The van der Waals surface area contributed by atoms with E-state index < -0.39 is 0 Å². The SMILES string of the molecule is CCCCCNC(C)c1sc2ccccc2c1C. The fourth-order valence-electron chi connectivity index (χ4n) is 2.39. The van der Waals surface area contributed by atoms with Gasteiger partial charge in [-0.05, 0) is 43.8 Å². The molecule has 0 aliphatic heterocycles. The van der Waals surface area contributed by atoms with E-state index in [9.17, 15) is 0 Å². The summed E-state index contributed by atoms with van der Waals surface area (Å²) in [6, 6.07) is 9.18. The largest absolute Gasteiger partial charge is 0.309 e. The molecule has 0 aliphatic rings. The molecule has 2 heteroatoms. The average molecular weight is 261 g/mol. The van der Waals surface area contributed by atoms with Crippen LogP contribution in [0.2, 0.25) is 0 Å². The van der Waals surface area contributed by atoms with Gasteiger partial charge in [0.05, 0.1) is 0 Å². The van der Waals surface area contributed by atoms with Crippen LogP contribution in [0.15, 0.2) is 24.3 Å². The highest BCUT2D eigenvalue weighted by Crippen LogP contribution is 2.34. The molecule has 98 valence electrons. The molecule has 0 radical (unpaired) electrons. The Labute approximate surface area is 114 Å². The van der Waals surface area contributed by atoms with Gasteiger partial charge >= 0.3 is 0 Å². The summed E-state index contributed by atoms with van der Waals surface area (Å²) in [6.45, 7) is 7.91. The van der Waals surface area contributed by atoms with Gasteiger partial charge in [0.25, 0.3) is 0 Å². The molecule has 0 saturated carbocycles. The third-order valence-corrected chi connectivity index (χ3v) is 4.96. The number of hydrogen-bond acceptors (Lipinski definition) is 2. The Kier molecular flexibility index (Phi) is 4.79. The molecule has 0 fully saturated rings. The first-order valence-corrected chi connectivity index (χ1v) is 7.77. The van der Waals surface area contributed by atoms with Crippen LogP contribution < -0.4 is 5.32 Å². The summed E-state index contributed by atoms with van der Waals surface area (Å²) in [5.74, 6) is 0. The Bertz CT molecular complexity index is 501. The van der Waals surface area contributed by atoms with Crippen molar-refractivity contribution in [3.63, 3.8) is 0 Å². The van der Waals surface area contributed by atoms with Gasteiger partial charge in [-0.25, -0.2) is 0 Å². The lowest BCUT2D eigenvalue weighted by atomic mass is 10.1. The predicted octanol–water partition coefficient (Wildman–Crippen LogP) is 5.05. The molecule has 0 aliphatic carbocycles. The lowest BCUT2D eigenvalue weighted by Gasteiger charge is -2.13. The fourth-order valence-corrected chi connectivity index (χ4v) is 3.63. The minimum atomic E-state index is 0.472. The second kappa shape index (κ2) is 6.35. The second-order valence-electron chi connectivity index (χ2n) is 4.97. The summed E-state index contributed by atoms with van der Waals surface area (Å²) in [5, 5.41) is 5.06. The molecule has 0 saturated heterocycles. The van der Waals surface area contributed by atoms with Gasteiger partial charge in [-0.15, -0.1) is 11.3 Å². The average Bonchev–Trinajstić information content (AvgIpc) is 2.73. The Hall–Kier alpha value is -0.860. The zero-order valence-electron chi connectivity index (χ0n) is 11.6. The first-order valence-electron chi connectivity index (χ1n) is 6.95. The maximum absolute atomic E-state index is 3.65. The van der Waals surface area contributed by atoms with Gasteiger partial charge in [-0.2, -0.15) is 0 Å². The minimum Gasteiger partial charge on any atom is -0.309 e. The minimum absolute atomic E-state index is 0.472. The van der Waals surface area contributed by atoms with Gasteiger partial charge in [0.2, 0.25) is 0 Å². The normalized spacial score (nSPS) is 13.1. The van der Waals surface area contributed by atoms with Crippen molar-refractivity contribution in [2.24, 2.45) is 0 Å². The van der Waals surface area contributed by atoms with Gasteiger partial charge in [0, 0.05) is 15.6 Å². The van der Waals surface area contributed by atoms with Crippen molar-refractivity contribution in [3.8, 4) is 0 Å². The summed E-state index contributed by atoms with van der Waals surface area (Å²) in [4.78, 5) is 1.49. The van der Waals surface area contributed by atoms with Crippen LogP contribution in [0.3, 0.4) is 0 Å². The summed E-state index contributed by atoms with van der Waals surface area (Å²) in [7, 11) is 0. The van der Waals surface area contributed by atoms with E-state index in [2.05, 4.69) is 50.4 Å². The van der Waals surface area contributed by atoms with E-state index in [1.807, 2.05) is 11.3 Å². The Morgan fingerprint density at radius 1 is 1.22 bits per heavy atom. The van der Waals surface area contributed by atoms with Crippen molar-refractivity contribution in [1.82, 2.24) is 5.32 Å². The molecule has 1 heterocycles. The first kappa shape index (κ1) is 13.6. The molecular formula is C16H23NS. The van der Waals surface area contributed by atoms with Crippen LogP contribution in [-0.4, -0.2) is 6.54 Å². The number of nitrogens with one attached hydrogen (secondary N) is 1. The highest BCUT2D eigenvalue weighted by molar-refractivity contribution is 7.19. The number of hydrogen-bond donors (Lipinski definition) is 1. The highest BCUT2D eigenvalue weighted by Gasteiger charge is 2.13. The molecular weight excluding hydrogens is 238 g/mol. The van der Waals surface area contributed by atoms with E-state index in [0.717, 1.165) is 6.54 Å². The Balaban J connectivity index is 2.08. The van der Waals surface area contributed by atoms with Gasteiger partial charge in [-0.1, -0.05) is 38.0 Å². The van der Waals surface area contributed by atoms with Gasteiger partial charge in [0.1, 0.15) is 0 Å². The highest BCUT2D eigenvalue weighted by atomic mass is 32.1. The zero-order chi connectivity index (χ0) is 13.0. The summed E-state index contributed by atoms with van der Waals surface area (Å²) < 4.78 is 1.41. The fraction of sp³-hybridized carbons (Fsp3) is 0.500. The summed E-state index contributed by atoms with van der Waals surface area (Å²) in [5.41, 5.74) is 1.45. The molecule has 1 aromatic carbocycles. The van der Waals surface area contributed by atoms with Crippen molar-refractivity contribution < 1.29 is 0 Å². The third kappa shape index (κ3) is 2.93. The predicted molar refractivity (Wildman–Crippen MR) is 82.5 cm³/mol. The van der Waals surface area contributed by atoms with Crippen molar-refractivity contribution in [1.29, 1.82) is 0 Å². The molecule has 0 bridgehead atoms. The van der Waals surface area contributed by atoms with E-state index in [1.54, 1.807) is 0 Å². The van der Waals surface area contributed by atoms with Crippen molar-refractivity contribution in [2.45, 2.75) is 46.1 Å². The number of aryl methyl sites for hydroxylation is 1. The maximum atomic E-state index is 3.65. The van der Waals surface area contributed by atoms with Gasteiger partial charge in [0.15, 0.2) is 0 Å². The number of thiophene rings is 1. The molecule has 1 unspecified atom stereocenters. The molecule has 0 amide bonds. The lowest BCUT2D eigenvalue weighted by Crippen LogP contribution is -2.19. The number of unbranched alkanes of at least 4 members (excludes halogenated alkanes) is 2. The van der Waals surface area contributed by atoms with Gasteiger partial charge in [-0.3, -0.25) is 0 Å². The smallest absolute Gasteiger partial charge is 0.0389 e. The molecule has 2 rings (SSSR count). The van der Waals surface area contributed by atoms with Gasteiger partial charge < -0.3 is 5.32 Å². The van der Waals surface area contributed by atoms with Crippen LogP contribution in [0.5, 0.6) is 0 Å². The molecule has 2 aromatic rings. The third-order valence-electron chi connectivity index (χ3n) is 3.50. The standard InChI is InChI=1S/C16H23NS/c1-4-5-8-11-17-13(3)16-12(2)14-9-6-7-10-15(14)18-16/h6-7,9-10,13,17H,4-5,8,11H2,1-3H3. The first-order chi connectivity index (χ1) is 8.74. The maximum Gasteiger partial charge on any atom is 0.0389 e. The molecule has 18 heavy (non-hydrogen) atoms. The van der Waals surface area contributed by atoms with Crippen LogP contribution in [0.4, 0.5) is 0 Å². The van der Waals surface area contributed by atoms with E-state index in [4.69, 9.17) is 0 Å². The summed E-state index contributed by atoms with van der Waals surface area (Å²) >= 11 is 1.93. The van der Waals surface area contributed by atoms with E-state index >= 15 is 0 Å². The van der Waals surface area contributed by atoms with Crippen molar-refractivity contribution in [2.75, 3.05) is 6.54 Å². The number of benzene rings is 1. The quantitative estimate of drug-likeness (QED) is 0.717. The van der Waals surface area contributed by atoms with E-state index in [0.29, 0.717) is 6.04 Å². The van der Waals surface area contributed by atoms with Crippen LogP contribution in [-0.2, 0) is 0 Å². The Morgan fingerprint density at radius 2 is 2.00 bits per heavy atom. The van der Waals surface area contributed by atoms with Crippen molar-refractivity contribution >= 4 is 21.4 Å². The topological polar surface area (TPSA) is 12.0 Å². The molecule has 1 N–H and O–H groups in total. The molecule has 1 nitrogen and oxygen atoms in total. The van der Waals surface area contributed by atoms with Crippen LogP contribution >= 0.6 is 11.3 Å².